The van der Waals surface area contributed by atoms with Gasteiger partial charge in [0.15, 0.2) is 0 Å². The first-order valence-electron chi connectivity index (χ1n) is 8.57. The van der Waals surface area contributed by atoms with Crippen LogP contribution in [0.4, 0.5) is 0 Å². The van der Waals surface area contributed by atoms with E-state index in [2.05, 4.69) is 0 Å². The van der Waals surface area contributed by atoms with Crippen molar-refractivity contribution >= 4 is 27.6 Å². The number of hydrogen-bond donors (Lipinski definition) is 0. The number of aryl methyl sites for hydroxylation is 1. The molecule has 0 aromatic heterocycles. The molecule has 7 nitrogen and oxygen atoms in total. The van der Waals surface area contributed by atoms with Crippen LogP contribution in [0.2, 0.25) is 5.02 Å². The molecule has 1 aliphatic rings. The van der Waals surface area contributed by atoms with Crippen molar-refractivity contribution in [3.63, 3.8) is 0 Å². The number of methoxy groups -OCH3 is 1. The van der Waals surface area contributed by atoms with Crippen molar-refractivity contribution in [2.45, 2.75) is 11.8 Å². The Kier molecular flexibility index (Phi) is 6.24. The molecule has 0 amide bonds. The van der Waals surface area contributed by atoms with Gasteiger partial charge < -0.3 is 14.2 Å². The number of rotatable bonds is 5. The number of benzene rings is 2. The van der Waals surface area contributed by atoms with Crippen LogP contribution in [-0.4, -0.2) is 52.1 Å². The monoisotopic (exact) mass is 425 g/mol. The third-order valence-corrected chi connectivity index (χ3v) is 6.49. The summed E-state index contributed by atoms with van der Waals surface area (Å²) in [6.45, 7) is 3.01. The molecule has 0 spiro atoms. The number of carbonyl (C=O) groups excluding carboxylic acids is 1. The molecule has 9 heteroatoms. The first-order valence-corrected chi connectivity index (χ1v) is 10.4. The van der Waals surface area contributed by atoms with E-state index in [9.17, 15) is 13.2 Å². The Hall–Kier alpha value is -2.13. The van der Waals surface area contributed by atoms with Crippen LogP contribution in [0.5, 0.6) is 11.5 Å². The molecule has 0 N–H and O–H groups in total. The predicted octanol–water partition coefficient (Wildman–Crippen LogP) is 2.90. The Morgan fingerprint density at radius 1 is 1.11 bits per heavy atom. The van der Waals surface area contributed by atoms with Crippen LogP contribution in [0.25, 0.3) is 0 Å². The Balaban J connectivity index is 1.94. The van der Waals surface area contributed by atoms with E-state index in [1.807, 2.05) is 6.92 Å². The first-order chi connectivity index (χ1) is 13.3. The molecule has 0 aliphatic carbocycles. The van der Waals surface area contributed by atoms with Gasteiger partial charge >= 0.3 is 5.97 Å². The fraction of sp³-hybridized carbons (Fsp3) is 0.316. The molecule has 150 valence electrons. The quantitative estimate of drug-likeness (QED) is 0.541. The third kappa shape index (κ3) is 4.30. The van der Waals surface area contributed by atoms with Gasteiger partial charge in [0.05, 0.1) is 30.2 Å². The van der Waals surface area contributed by atoms with E-state index in [0.717, 1.165) is 5.56 Å². The zero-order valence-corrected chi connectivity index (χ0v) is 17.0. The molecule has 1 heterocycles. The summed E-state index contributed by atoms with van der Waals surface area (Å²) in [4.78, 5) is 12.7. The van der Waals surface area contributed by atoms with E-state index in [-0.39, 0.29) is 40.1 Å². The zero-order chi connectivity index (χ0) is 20.3. The van der Waals surface area contributed by atoms with Gasteiger partial charge in [-0.15, -0.1) is 0 Å². The molecule has 1 aliphatic heterocycles. The van der Waals surface area contributed by atoms with Crippen molar-refractivity contribution in [3.8, 4) is 11.5 Å². The lowest BCUT2D eigenvalue weighted by molar-refractivity contribution is 0.0725. The molecular weight excluding hydrogens is 406 g/mol. The number of sulfonamides is 1. The average Bonchev–Trinajstić information content (AvgIpc) is 2.70. The highest BCUT2D eigenvalue weighted by molar-refractivity contribution is 7.89. The second-order valence-electron chi connectivity index (χ2n) is 6.20. The minimum absolute atomic E-state index is 0.00518. The molecule has 0 saturated carbocycles. The second kappa shape index (κ2) is 8.48. The van der Waals surface area contributed by atoms with E-state index >= 15 is 0 Å². The van der Waals surface area contributed by atoms with E-state index < -0.39 is 16.0 Å². The molecule has 28 heavy (non-hydrogen) atoms. The maximum Gasteiger partial charge on any atom is 0.347 e. The molecule has 0 radical (unpaired) electrons. The van der Waals surface area contributed by atoms with Crippen molar-refractivity contribution in [2.24, 2.45) is 0 Å². The van der Waals surface area contributed by atoms with Crippen LogP contribution in [0.15, 0.2) is 41.3 Å². The summed E-state index contributed by atoms with van der Waals surface area (Å²) in [6, 6.07) is 9.13. The highest BCUT2D eigenvalue weighted by atomic mass is 35.5. The number of ether oxygens (including phenoxy) is 3. The lowest BCUT2D eigenvalue weighted by atomic mass is 10.2. The molecule has 3 rings (SSSR count). The fourth-order valence-electron chi connectivity index (χ4n) is 2.79. The minimum Gasteiger partial charge on any atom is -0.496 e. The number of esters is 1. The predicted molar refractivity (Wildman–Crippen MR) is 104 cm³/mol. The van der Waals surface area contributed by atoms with Crippen LogP contribution < -0.4 is 9.47 Å². The Labute approximate surface area is 168 Å². The standard InChI is InChI=1S/C19H20ClNO6S/c1-13-3-5-16(20)18(11-13)27-19(22)15-12-14(4-6-17(15)25-2)28(23,24)21-7-9-26-10-8-21/h3-6,11-12H,7-10H2,1-2H3. The third-order valence-electron chi connectivity index (χ3n) is 4.29. The normalized spacial score (nSPS) is 15.2. The molecule has 1 fully saturated rings. The highest BCUT2D eigenvalue weighted by Crippen LogP contribution is 2.29. The molecular formula is C19H20ClNO6S. The van der Waals surface area contributed by atoms with Crippen molar-refractivity contribution in [1.82, 2.24) is 4.31 Å². The lowest BCUT2D eigenvalue weighted by Crippen LogP contribution is -2.40. The number of nitrogens with zero attached hydrogens (tertiary/aromatic N) is 1. The molecule has 2 aromatic rings. The van der Waals surface area contributed by atoms with Gasteiger partial charge in [0, 0.05) is 13.1 Å². The van der Waals surface area contributed by atoms with Crippen LogP contribution in [0.1, 0.15) is 15.9 Å². The van der Waals surface area contributed by atoms with Gasteiger partial charge in [-0.1, -0.05) is 17.7 Å². The summed E-state index contributed by atoms with van der Waals surface area (Å²) in [7, 11) is -2.38. The summed E-state index contributed by atoms with van der Waals surface area (Å²) < 4.78 is 42.9. The smallest absolute Gasteiger partial charge is 0.347 e. The number of halogens is 1. The van der Waals surface area contributed by atoms with Gasteiger partial charge in [-0.05, 0) is 42.8 Å². The number of carbonyl (C=O) groups is 1. The maximum atomic E-state index is 12.9. The SMILES string of the molecule is COc1ccc(S(=O)(=O)N2CCOCC2)cc1C(=O)Oc1cc(C)ccc1Cl. The van der Waals surface area contributed by atoms with Gasteiger partial charge in [-0.2, -0.15) is 4.31 Å². The summed E-state index contributed by atoms with van der Waals surface area (Å²) in [5.74, 6) is -0.367. The molecule has 0 bridgehead atoms. The summed E-state index contributed by atoms with van der Waals surface area (Å²) >= 11 is 6.08. The van der Waals surface area contributed by atoms with Gasteiger partial charge in [-0.3, -0.25) is 0 Å². The first kappa shape index (κ1) is 20.6. The minimum atomic E-state index is -3.77. The highest BCUT2D eigenvalue weighted by Gasteiger charge is 2.28. The van der Waals surface area contributed by atoms with Gasteiger partial charge in [0.1, 0.15) is 17.1 Å². The number of hydrogen-bond acceptors (Lipinski definition) is 6. The van der Waals surface area contributed by atoms with Crippen molar-refractivity contribution in [2.75, 3.05) is 33.4 Å². The second-order valence-corrected chi connectivity index (χ2v) is 8.55. The van der Waals surface area contributed by atoms with Crippen LogP contribution in [0, 0.1) is 6.92 Å². The lowest BCUT2D eigenvalue weighted by Gasteiger charge is -2.26. The van der Waals surface area contributed by atoms with Crippen molar-refractivity contribution < 1.29 is 27.4 Å². The van der Waals surface area contributed by atoms with Crippen LogP contribution >= 0.6 is 11.6 Å². The van der Waals surface area contributed by atoms with Crippen LogP contribution in [-0.2, 0) is 14.8 Å². The topological polar surface area (TPSA) is 82.1 Å². The van der Waals surface area contributed by atoms with Crippen LogP contribution in [0.3, 0.4) is 0 Å². The molecule has 0 atom stereocenters. The average molecular weight is 426 g/mol. The van der Waals surface area contributed by atoms with Crippen molar-refractivity contribution in [3.05, 3.63) is 52.5 Å². The largest absolute Gasteiger partial charge is 0.496 e. The van der Waals surface area contributed by atoms with Gasteiger partial charge in [0.2, 0.25) is 10.0 Å². The summed E-state index contributed by atoms with van der Waals surface area (Å²) in [5.41, 5.74) is 0.859. The Morgan fingerprint density at radius 3 is 2.50 bits per heavy atom. The summed E-state index contributed by atoms with van der Waals surface area (Å²) in [6.07, 6.45) is 0. The van der Waals surface area contributed by atoms with E-state index in [1.165, 1.54) is 29.6 Å². The fourth-order valence-corrected chi connectivity index (χ4v) is 4.38. The molecule has 0 unspecified atom stereocenters. The molecule has 1 saturated heterocycles. The number of morpholine rings is 1. The Morgan fingerprint density at radius 2 is 1.82 bits per heavy atom. The molecule has 2 aromatic carbocycles. The van der Waals surface area contributed by atoms with E-state index in [4.69, 9.17) is 25.8 Å². The van der Waals surface area contributed by atoms with Gasteiger partial charge in [-0.25, -0.2) is 13.2 Å². The van der Waals surface area contributed by atoms with E-state index in [1.54, 1.807) is 18.2 Å². The Bertz CT molecular complexity index is 986. The maximum absolute atomic E-state index is 12.9. The zero-order valence-electron chi connectivity index (χ0n) is 15.5. The van der Waals surface area contributed by atoms with E-state index in [0.29, 0.717) is 13.2 Å². The summed E-state index contributed by atoms with van der Waals surface area (Å²) in [5, 5.41) is 0.273. The van der Waals surface area contributed by atoms with Gasteiger partial charge in [0.25, 0.3) is 0 Å². The van der Waals surface area contributed by atoms with Crippen molar-refractivity contribution in [1.29, 1.82) is 0 Å².